The van der Waals surface area contributed by atoms with Crippen LogP contribution in [0.1, 0.15) is 12.5 Å². The van der Waals surface area contributed by atoms with Gasteiger partial charge in [0.1, 0.15) is 11.6 Å². The Morgan fingerprint density at radius 2 is 1.90 bits per heavy atom. The molecule has 0 fully saturated rings. The highest BCUT2D eigenvalue weighted by atomic mass is 19.1. The molecule has 4 heteroatoms. The van der Waals surface area contributed by atoms with Crippen LogP contribution < -0.4 is 9.64 Å². The van der Waals surface area contributed by atoms with Gasteiger partial charge in [-0.3, -0.25) is 4.79 Å². The number of nitrogens with zero attached hydrogens (tertiary/aromatic N) is 1. The Morgan fingerprint density at radius 1 is 1.19 bits per heavy atom. The summed E-state index contributed by atoms with van der Waals surface area (Å²) in [5, 5.41) is 0. The first-order valence-electron chi connectivity index (χ1n) is 6.96. The summed E-state index contributed by atoms with van der Waals surface area (Å²) in [5.74, 6) is 0.0869. The van der Waals surface area contributed by atoms with E-state index in [4.69, 9.17) is 4.74 Å². The van der Waals surface area contributed by atoms with Crippen molar-refractivity contribution < 1.29 is 13.9 Å². The van der Waals surface area contributed by atoms with E-state index >= 15 is 0 Å². The Bertz CT molecular complexity index is 654. The minimum Gasteiger partial charge on any atom is -0.481 e. The van der Waals surface area contributed by atoms with E-state index in [1.54, 1.807) is 11.8 Å². The average Bonchev–Trinajstić information content (AvgIpc) is 2.92. The highest BCUT2D eigenvalue weighted by Gasteiger charge is 2.28. The largest absolute Gasteiger partial charge is 0.481 e. The molecule has 21 heavy (non-hydrogen) atoms. The zero-order valence-electron chi connectivity index (χ0n) is 11.8. The molecular weight excluding hydrogens is 269 g/mol. The van der Waals surface area contributed by atoms with Crippen LogP contribution in [0.25, 0.3) is 0 Å². The van der Waals surface area contributed by atoms with E-state index in [1.807, 2.05) is 24.3 Å². The minimum atomic E-state index is -0.610. The van der Waals surface area contributed by atoms with E-state index in [1.165, 1.54) is 29.8 Å². The number of carbonyl (C=O) groups is 1. The van der Waals surface area contributed by atoms with E-state index in [0.29, 0.717) is 12.3 Å². The summed E-state index contributed by atoms with van der Waals surface area (Å²) in [4.78, 5) is 14.3. The van der Waals surface area contributed by atoms with Crippen LogP contribution in [-0.2, 0) is 11.2 Å². The number of anilines is 1. The lowest BCUT2D eigenvalue weighted by Crippen LogP contribution is -2.39. The van der Waals surface area contributed by atoms with Gasteiger partial charge in [0.25, 0.3) is 5.91 Å². The van der Waals surface area contributed by atoms with Crippen LogP contribution in [0.15, 0.2) is 48.5 Å². The van der Waals surface area contributed by atoms with Crippen LogP contribution in [0.2, 0.25) is 0 Å². The second kappa shape index (κ2) is 5.56. The Balaban J connectivity index is 1.72. The molecule has 3 rings (SSSR count). The number of ether oxygens (including phenoxy) is 1. The van der Waals surface area contributed by atoms with Gasteiger partial charge in [-0.2, -0.15) is 0 Å². The second-order valence-corrected chi connectivity index (χ2v) is 5.08. The van der Waals surface area contributed by atoms with Gasteiger partial charge in [0.2, 0.25) is 0 Å². The number of para-hydroxylation sites is 1. The molecule has 0 aliphatic carbocycles. The molecule has 1 aliphatic heterocycles. The molecule has 0 saturated heterocycles. The maximum Gasteiger partial charge on any atom is 0.267 e. The van der Waals surface area contributed by atoms with Crippen molar-refractivity contribution in [2.24, 2.45) is 0 Å². The number of hydrogen-bond donors (Lipinski definition) is 0. The van der Waals surface area contributed by atoms with Crippen LogP contribution >= 0.6 is 0 Å². The van der Waals surface area contributed by atoms with E-state index in [2.05, 4.69) is 0 Å². The first-order chi connectivity index (χ1) is 10.1. The van der Waals surface area contributed by atoms with Gasteiger partial charge in [0.05, 0.1) is 0 Å². The highest BCUT2D eigenvalue weighted by Crippen LogP contribution is 2.28. The summed E-state index contributed by atoms with van der Waals surface area (Å²) in [5.41, 5.74) is 2.14. The van der Waals surface area contributed by atoms with Crippen LogP contribution in [0, 0.1) is 5.82 Å². The van der Waals surface area contributed by atoms with E-state index in [9.17, 15) is 9.18 Å². The molecule has 1 atom stereocenters. The molecule has 2 aromatic rings. The lowest BCUT2D eigenvalue weighted by Gasteiger charge is -2.22. The van der Waals surface area contributed by atoms with Gasteiger partial charge in [-0.25, -0.2) is 4.39 Å². The standard InChI is InChI=1S/C17H16FNO2/c1-12(21-15-8-6-14(18)7-9-15)17(20)19-11-10-13-4-2-3-5-16(13)19/h2-9,12H,10-11H2,1H3/t12-/m1/s1. The first kappa shape index (κ1) is 13.6. The van der Waals surface area contributed by atoms with Crippen molar-refractivity contribution in [2.75, 3.05) is 11.4 Å². The quantitative estimate of drug-likeness (QED) is 0.867. The zero-order valence-corrected chi connectivity index (χ0v) is 11.8. The number of halogens is 1. The lowest BCUT2D eigenvalue weighted by atomic mass is 10.2. The molecule has 1 amide bonds. The van der Waals surface area contributed by atoms with Gasteiger partial charge in [-0.05, 0) is 49.2 Å². The van der Waals surface area contributed by atoms with Crippen LogP contribution in [0.3, 0.4) is 0 Å². The summed E-state index contributed by atoms with van der Waals surface area (Å²) >= 11 is 0. The van der Waals surface area contributed by atoms with Crippen molar-refractivity contribution >= 4 is 11.6 Å². The van der Waals surface area contributed by atoms with Crippen LogP contribution in [-0.4, -0.2) is 18.6 Å². The second-order valence-electron chi connectivity index (χ2n) is 5.08. The Labute approximate surface area is 123 Å². The fraction of sp³-hybridized carbons (Fsp3) is 0.235. The smallest absolute Gasteiger partial charge is 0.267 e. The average molecular weight is 285 g/mol. The van der Waals surface area contributed by atoms with Crippen LogP contribution in [0.4, 0.5) is 10.1 Å². The van der Waals surface area contributed by atoms with Crippen molar-refractivity contribution in [2.45, 2.75) is 19.4 Å². The van der Waals surface area contributed by atoms with E-state index in [0.717, 1.165) is 12.1 Å². The number of rotatable bonds is 3. The van der Waals surface area contributed by atoms with Crippen molar-refractivity contribution in [1.82, 2.24) is 0 Å². The SMILES string of the molecule is C[C@@H](Oc1ccc(F)cc1)C(=O)N1CCc2ccccc21. The van der Waals surface area contributed by atoms with Gasteiger partial charge in [0, 0.05) is 12.2 Å². The molecule has 0 bridgehead atoms. The number of benzene rings is 2. The Hall–Kier alpha value is -2.36. The van der Waals surface area contributed by atoms with E-state index in [-0.39, 0.29) is 11.7 Å². The van der Waals surface area contributed by atoms with Gasteiger partial charge in [-0.15, -0.1) is 0 Å². The molecule has 0 unspecified atom stereocenters. The Morgan fingerprint density at radius 3 is 2.67 bits per heavy atom. The third-order valence-electron chi connectivity index (χ3n) is 3.63. The molecule has 0 saturated carbocycles. The van der Waals surface area contributed by atoms with Crippen LogP contribution in [0.5, 0.6) is 5.75 Å². The summed E-state index contributed by atoms with van der Waals surface area (Å²) in [7, 11) is 0. The molecule has 1 heterocycles. The van der Waals surface area contributed by atoms with Crippen molar-refractivity contribution in [3.63, 3.8) is 0 Å². The third-order valence-corrected chi connectivity index (χ3v) is 3.63. The topological polar surface area (TPSA) is 29.5 Å². The Kier molecular flexibility index (Phi) is 3.60. The fourth-order valence-corrected chi connectivity index (χ4v) is 2.55. The number of carbonyl (C=O) groups excluding carboxylic acids is 1. The molecule has 0 spiro atoms. The summed E-state index contributed by atoms with van der Waals surface area (Å²) < 4.78 is 18.5. The first-order valence-corrected chi connectivity index (χ1v) is 6.96. The molecule has 108 valence electrons. The number of amides is 1. The van der Waals surface area contributed by atoms with Gasteiger partial charge >= 0.3 is 0 Å². The normalized spacial score (nSPS) is 14.7. The summed E-state index contributed by atoms with van der Waals surface area (Å²) in [6, 6.07) is 13.6. The van der Waals surface area contributed by atoms with Crippen molar-refractivity contribution in [1.29, 1.82) is 0 Å². The summed E-state index contributed by atoms with van der Waals surface area (Å²) in [6.45, 7) is 2.39. The maximum atomic E-state index is 12.9. The van der Waals surface area contributed by atoms with Gasteiger partial charge in [0.15, 0.2) is 6.10 Å². The number of fused-ring (bicyclic) bond motifs is 1. The van der Waals surface area contributed by atoms with Gasteiger partial charge < -0.3 is 9.64 Å². The maximum absolute atomic E-state index is 12.9. The zero-order chi connectivity index (χ0) is 14.8. The molecule has 0 radical (unpaired) electrons. The number of hydrogen-bond acceptors (Lipinski definition) is 2. The third kappa shape index (κ3) is 2.75. The molecule has 2 aromatic carbocycles. The monoisotopic (exact) mass is 285 g/mol. The lowest BCUT2D eigenvalue weighted by molar-refractivity contribution is -0.124. The summed E-state index contributed by atoms with van der Waals surface area (Å²) in [6.07, 6.45) is 0.257. The molecule has 0 N–H and O–H groups in total. The van der Waals surface area contributed by atoms with Crippen molar-refractivity contribution in [3.8, 4) is 5.75 Å². The predicted molar refractivity (Wildman–Crippen MR) is 79.0 cm³/mol. The molecular formula is C17H16FNO2. The van der Waals surface area contributed by atoms with E-state index < -0.39 is 6.10 Å². The van der Waals surface area contributed by atoms with Gasteiger partial charge in [-0.1, -0.05) is 18.2 Å². The molecule has 1 aliphatic rings. The predicted octanol–water partition coefficient (Wildman–Crippen LogP) is 3.18. The molecule has 3 nitrogen and oxygen atoms in total. The molecule has 0 aromatic heterocycles. The van der Waals surface area contributed by atoms with Crippen molar-refractivity contribution in [3.05, 3.63) is 59.9 Å². The fourth-order valence-electron chi connectivity index (χ4n) is 2.55. The minimum absolute atomic E-state index is 0.0794. The highest BCUT2D eigenvalue weighted by molar-refractivity contribution is 5.98.